The van der Waals surface area contributed by atoms with Crippen LogP contribution in [0.25, 0.3) is 0 Å². The van der Waals surface area contributed by atoms with Crippen LogP contribution in [0.1, 0.15) is 55.1 Å². The van der Waals surface area contributed by atoms with E-state index in [0.717, 1.165) is 19.3 Å². The van der Waals surface area contributed by atoms with Gasteiger partial charge in [0.25, 0.3) is 5.91 Å². The summed E-state index contributed by atoms with van der Waals surface area (Å²) in [6, 6.07) is 17.1. The molecule has 0 spiro atoms. The summed E-state index contributed by atoms with van der Waals surface area (Å²) in [7, 11) is -0.210. The van der Waals surface area contributed by atoms with E-state index in [4.69, 9.17) is 0 Å². The number of hydrogen-bond acceptors (Lipinski definition) is 5. The fourth-order valence-corrected chi connectivity index (χ4v) is 5.19. The van der Waals surface area contributed by atoms with Crippen LogP contribution in [-0.4, -0.2) is 56.3 Å². The highest BCUT2D eigenvalue weighted by molar-refractivity contribution is 7.89. The molecule has 2 atom stereocenters. The Morgan fingerprint density at radius 3 is 2.31 bits per heavy atom. The van der Waals surface area contributed by atoms with Gasteiger partial charge in [0.2, 0.25) is 10.0 Å². The van der Waals surface area contributed by atoms with Crippen LogP contribution in [0.3, 0.4) is 0 Å². The van der Waals surface area contributed by atoms with Crippen molar-refractivity contribution in [3.63, 3.8) is 0 Å². The van der Waals surface area contributed by atoms with Crippen molar-refractivity contribution in [2.45, 2.75) is 56.1 Å². The summed E-state index contributed by atoms with van der Waals surface area (Å²) in [4.78, 5) is 14.6. The first-order chi connectivity index (χ1) is 15.2. The highest BCUT2D eigenvalue weighted by atomic mass is 32.2. The van der Waals surface area contributed by atoms with Crippen molar-refractivity contribution in [2.75, 3.05) is 20.6 Å². The monoisotopic (exact) mass is 458 g/mol. The molecule has 0 radical (unpaired) electrons. The molecule has 1 aliphatic heterocycles. The van der Waals surface area contributed by atoms with Gasteiger partial charge in [-0.2, -0.15) is 4.31 Å². The third kappa shape index (κ3) is 5.75. The molecule has 2 N–H and O–H groups in total. The first-order valence-corrected chi connectivity index (χ1v) is 12.5. The van der Waals surface area contributed by atoms with Gasteiger partial charge in [0.05, 0.1) is 4.90 Å². The minimum Gasteiger partial charge on any atom is -0.342 e. The number of hydrogen-bond donors (Lipinski definition) is 2. The van der Waals surface area contributed by atoms with E-state index in [9.17, 15) is 13.2 Å². The molecule has 0 aromatic heterocycles. The largest absolute Gasteiger partial charge is 0.342 e. The van der Waals surface area contributed by atoms with E-state index in [-0.39, 0.29) is 16.8 Å². The Hall–Kier alpha value is -2.26. The van der Waals surface area contributed by atoms with Crippen LogP contribution < -0.4 is 10.9 Å². The first-order valence-electron chi connectivity index (χ1n) is 11.1. The Labute approximate surface area is 191 Å². The van der Waals surface area contributed by atoms with Gasteiger partial charge < -0.3 is 4.90 Å². The minimum absolute atomic E-state index is 0.106. The average Bonchev–Trinajstić information content (AvgIpc) is 3.27. The van der Waals surface area contributed by atoms with Crippen molar-refractivity contribution in [3.8, 4) is 0 Å². The highest BCUT2D eigenvalue weighted by Gasteiger charge is 2.25. The predicted molar refractivity (Wildman–Crippen MR) is 127 cm³/mol. The summed E-state index contributed by atoms with van der Waals surface area (Å²) in [5.74, 6) is -0.106. The van der Waals surface area contributed by atoms with Crippen LogP contribution >= 0.6 is 0 Å². The second-order valence-electron chi connectivity index (χ2n) is 8.69. The van der Waals surface area contributed by atoms with Crippen LogP contribution in [0, 0.1) is 0 Å². The standard InChI is InChI=1S/C24H34N4O3S/c1-18(2)28(4)32(30,31)22-14-12-20(13-15-22)24(29)27(3)16-8-11-21-17-23(26-25-21)19-9-6-5-7-10-19/h5-7,9-10,12-15,18,21,23,25-26H,8,11,16-17H2,1-4H3. The number of nitrogens with zero attached hydrogens (tertiary/aromatic N) is 2. The fraction of sp³-hybridized carbons (Fsp3) is 0.458. The zero-order valence-corrected chi connectivity index (χ0v) is 20.1. The van der Waals surface area contributed by atoms with Crippen LogP contribution in [0.4, 0.5) is 0 Å². The maximum Gasteiger partial charge on any atom is 0.253 e. The molecular weight excluding hydrogens is 424 g/mol. The number of amides is 1. The van der Waals surface area contributed by atoms with E-state index in [2.05, 4.69) is 35.1 Å². The number of rotatable bonds is 9. The summed E-state index contributed by atoms with van der Waals surface area (Å²) in [5.41, 5.74) is 8.49. The molecule has 0 aliphatic carbocycles. The Morgan fingerprint density at radius 1 is 1.03 bits per heavy atom. The molecule has 0 bridgehead atoms. The minimum atomic E-state index is -3.55. The lowest BCUT2D eigenvalue weighted by Gasteiger charge is -2.21. The van der Waals surface area contributed by atoms with Gasteiger partial charge in [-0.05, 0) is 62.9 Å². The molecule has 1 heterocycles. The SMILES string of the molecule is CC(C)N(C)S(=O)(=O)c1ccc(C(=O)N(C)CCCC2CC(c3ccccc3)NN2)cc1. The van der Waals surface area contributed by atoms with Crippen LogP contribution in [0.5, 0.6) is 0 Å². The molecule has 7 nitrogen and oxygen atoms in total. The topological polar surface area (TPSA) is 81.8 Å². The van der Waals surface area contributed by atoms with Gasteiger partial charge in [0.15, 0.2) is 0 Å². The molecule has 1 amide bonds. The van der Waals surface area contributed by atoms with Crippen molar-refractivity contribution >= 4 is 15.9 Å². The smallest absolute Gasteiger partial charge is 0.253 e. The zero-order valence-electron chi connectivity index (χ0n) is 19.3. The molecule has 8 heteroatoms. The van der Waals surface area contributed by atoms with E-state index >= 15 is 0 Å². The highest BCUT2D eigenvalue weighted by Crippen LogP contribution is 2.24. The van der Waals surface area contributed by atoms with Crippen LogP contribution in [0.15, 0.2) is 59.5 Å². The van der Waals surface area contributed by atoms with E-state index in [1.54, 1.807) is 31.1 Å². The predicted octanol–water partition coefficient (Wildman–Crippen LogP) is 3.18. The summed E-state index contributed by atoms with van der Waals surface area (Å²) in [6.07, 6.45) is 2.86. The van der Waals surface area contributed by atoms with Crippen molar-refractivity contribution < 1.29 is 13.2 Å². The Bertz CT molecular complexity index is 994. The Kier molecular flexibility index (Phi) is 8.05. The third-order valence-corrected chi connectivity index (χ3v) is 8.13. The van der Waals surface area contributed by atoms with Crippen LogP contribution in [0.2, 0.25) is 0 Å². The molecule has 1 fully saturated rings. The molecule has 2 unspecified atom stereocenters. The first kappa shape index (κ1) is 24.4. The van der Waals surface area contributed by atoms with Gasteiger partial charge >= 0.3 is 0 Å². The molecule has 0 saturated carbocycles. The summed E-state index contributed by atoms with van der Waals surface area (Å²) >= 11 is 0. The number of benzene rings is 2. The molecule has 1 aliphatic rings. The third-order valence-electron chi connectivity index (χ3n) is 6.08. The Morgan fingerprint density at radius 2 is 1.69 bits per heavy atom. The van der Waals surface area contributed by atoms with Gasteiger partial charge in [-0.1, -0.05) is 30.3 Å². The van der Waals surface area contributed by atoms with Gasteiger partial charge in [-0.3, -0.25) is 15.6 Å². The maximum atomic E-state index is 12.8. The molecule has 3 rings (SSSR count). The number of sulfonamides is 1. The van der Waals surface area contributed by atoms with E-state index in [1.165, 1.54) is 22.0 Å². The van der Waals surface area contributed by atoms with E-state index < -0.39 is 10.0 Å². The number of carbonyl (C=O) groups excluding carboxylic acids is 1. The lowest BCUT2D eigenvalue weighted by Crippen LogP contribution is -2.33. The van der Waals surface area contributed by atoms with Crippen molar-refractivity contribution in [1.29, 1.82) is 0 Å². The number of hydrazine groups is 1. The number of nitrogens with one attached hydrogen (secondary N) is 2. The lowest BCUT2D eigenvalue weighted by molar-refractivity contribution is 0.0791. The quantitative estimate of drug-likeness (QED) is 0.603. The lowest BCUT2D eigenvalue weighted by atomic mass is 10.00. The van der Waals surface area contributed by atoms with Crippen molar-refractivity contribution in [3.05, 3.63) is 65.7 Å². The molecule has 32 heavy (non-hydrogen) atoms. The second-order valence-corrected chi connectivity index (χ2v) is 10.7. The normalized spacial score (nSPS) is 18.9. The second kappa shape index (κ2) is 10.6. The molecule has 2 aromatic rings. The zero-order chi connectivity index (χ0) is 23.3. The van der Waals surface area contributed by atoms with Gasteiger partial charge in [-0.25, -0.2) is 8.42 Å². The summed E-state index contributed by atoms with van der Waals surface area (Å²) < 4.78 is 26.5. The van der Waals surface area contributed by atoms with Gasteiger partial charge in [0.1, 0.15) is 0 Å². The fourth-order valence-electron chi connectivity index (χ4n) is 3.83. The molecule has 174 valence electrons. The van der Waals surface area contributed by atoms with Crippen molar-refractivity contribution in [2.24, 2.45) is 0 Å². The van der Waals surface area contributed by atoms with E-state index in [1.807, 2.05) is 19.9 Å². The summed E-state index contributed by atoms with van der Waals surface area (Å²) in [6.45, 7) is 4.29. The molecule has 1 saturated heterocycles. The van der Waals surface area contributed by atoms with E-state index in [0.29, 0.717) is 24.2 Å². The van der Waals surface area contributed by atoms with Gasteiger partial charge in [0, 0.05) is 44.3 Å². The number of carbonyl (C=O) groups is 1. The summed E-state index contributed by atoms with van der Waals surface area (Å²) in [5, 5.41) is 0. The molecule has 2 aromatic carbocycles. The van der Waals surface area contributed by atoms with Crippen LogP contribution in [-0.2, 0) is 10.0 Å². The maximum absolute atomic E-state index is 12.8. The van der Waals surface area contributed by atoms with Gasteiger partial charge in [-0.15, -0.1) is 0 Å². The molecular formula is C24H34N4O3S. The average molecular weight is 459 g/mol. The van der Waals surface area contributed by atoms with Crippen molar-refractivity contribution in [1.82, 2.24) is 20.1 Å². The Balaban J connectivity index is 1.49.